The first-order valence-corrected chi connectivity index (χ1v) is 7.68. The van der Waals surface area contributed by atoms with Crippen molar-refractivity contribution < 1.29 is 0 Å². The average Bonchev–Trinajstić information content (AvgIpc) is 2.76. The largest absolute Gasteiger partial charge is 0.364 e. The van der Waals surface area contributed by atoms with Gasteiger partial charge in [-0.05, 0) is 52.4 Å². The van der Waals surface area contributed by atoms with Crippen LogP contribution in [0.15, 0.2) is 36.7 Å². The van der Waals surface area contributed by atoms with Gasteiger partial charge in [-0.1, -0.05) is 13.0 Å². The zero-order valence-corrected chi connectivity index (χ0v) is 13.7. The third-order valence-corrected chi connectivity index (χ3v) is 4.37. The first-order valence-electron chi connectivity index (χ1n) is 7.68. The molecule has 3 heteroatoms. The average molecular weight is 277 g/mol. The molecule has 0 bridgehead atoms. The van der Waals surface area contributed by atoms with Crippen LogP contribution in [0.1, 0.15) is 33.1 Å². The molecule has 0 aliphatic carbocycles. The molecule has 0 spiro atoms. The third-order valence-electron chi connectivity index (χ3n) is 4.37. The first-order chi connectivity index (χ1) is 9.63. The van der Waals surface area contributed by atoms with Crippen molar-refractivity contribution in [2.24, 2.45) is 5.92 Å². The molecular weight excluding hydrogens is 246 g/mol. The van der Waals surface area contributed by atoms with Gasteiger partial charge in [-0.25, -0.2) is 0 Å². The fourth-order valence-electron chi connectivity index (χ4n) is 2.94. The maximum atomic E-state index is 3.71. The lowest BCUT2D eigenvalue weighted by Gasteiger charge is -2.36. The van der Waals surface area contributed by atoms with Gasteiger partial charge in [0.25, 0.3) is 0 Å². The van der Waals surface area contributed by atoms with Crippen molar-refractivity contribution in [3.63, 3.8) is 0 Å². The fourth-order valence-corrected chi connectivity index (χ4v) is 2.94. The van der Waals surface area contributed by atoms with Crippen LogP contribution in [-0.4, -0.2) is 43.2 Å². The monoisotopic (exact) mass is 277 g/mol. The molecule has 0 aromatic rings. The molecule has 0 saturated carbocycles. The van der Waals surface area contributed by atoms with Gasteiger partial charge < -0.3 is 15.1 Å². The zero-order chi connectivity index (χ0) is 15.1. The molecule has 1 atom stereocenters. The molecule has 0 amide bonds. The molecule has 3 nitrogen and oxygen atoms in total. The highest BCUT2D eigenvalue weighted by atomic mass is 15.3. The van der Waals surface area contributed by atoms with Gasteiger partial charge in [0.15, 0.2) is 0 Å². The molecule has 20 heavy (non-hydrogen) atoms. The van der Waals surface area contributed by atoms with E-state index in [9.17, 15) is 0 Å². The molecule has 2 aliphatic rings. The molecule has 114 valence electrons. The standard InChI is InChI=1S/C15H27N3.C2H4/c1-5-6-7-14-12(2)18(4)15(16-14)13-8-10-17(3)11-9-13;1-2/h6-7,13,15-16H,5,8-11H2,1-4H3;1-2H2/b7-6-;. The quantitative estimate of drug-likeness (QED) is 0.799. The van der Waals surface area contributed by atoms with E-state index < -0.39 is 0 Å². The van der Waals surface area contributed by atoms with Crippen LogP contribution in [0.3, 0.4) is 0 Å². The maximum absolute atomic E-state index is 3.71. The molecule has 1 unspecified atom stereocenters. The second-order valence-corrected chi connectivity index (χ2v) is 5.65. The predicted octanol–water partition coefficient (Wildman–Crippen LogP) is 3.19. The summed E-state index contributed by atoms with van der Waals surface area (Å²) >= 11 is 0. The van der Waals surface area contributed by atoms with Gasteiger partial charge in [-0.2, -0.15) is 0 Å². The third kappa shape index (κ3) is 3.89. The molecule has 0 aromatic carbocycles. The molecular formula is C17H31N3. The summed E-state index contributed by atoms with van der Waals surface area (Å²) in [5.74, 6) is 0.772. The number of piperidine rings is 1. The first kappa shape index (κ1) is 16.8. The summed E-state index contributed by atoms with van der Waals surface area (Å²) in [7, 11) is 4.44. The minimum atomic E-state index is 0.496. The van der Waals surface area contributed by atoms with Crippen LogP contribution < -0.4 is 5.32 Å². The van der Waals surface area contributed by atoms with Gasteiger partial charge in [0.2, 0.25) is 0 Å². The molecule has 0 aromatic heterocycles. The highest BCUT2D eigenvalue weighted by Gasteiger charge is 2.33. The summed E-state index contributed by atoms with van der Waals surface area (Å²) in [6.45, 7) is 12.9. The van der Waals surface area contributed by atoms with E-state index in [4.69, 9.17) is 0 Å². The summed E-state index contributed by atoms with van der Waals surface area (Å²) in [6.07, 6.45) is 8.67. The number of rotatable bonds is 3. The summed E-state index contributed by atoms with van der Waals surface area (Å²) in [6, 6.07) is 0. The molecule has 2 heterocycles. The fraction of sp³-hybridized carbons (Fsp3) is 0.647. The van der Waals surface area contributed by atoms with Crippen LogP contribution >= 0.6 is 0 Å². The number of likely N-dealkylation sites (tertiary alicyclic amines) is 1. The highest BCUT2D eigenvalue weighted by Crippen LogP contribution is 2.29. The SMILES string of the molecule is C=C.CC/C=C\C1=C(C)N(C)C(C2CCN(C)CC2)N1. The smallest absolute Gasteiger partial charge is 0.101 e. The van der Waals surface area contributed by atoms with Gasteiger partial charge in [-0.15, -0.1) is 13.2 Å². The van der Waals surface area contributed by atoms with Crippen molar-refractivity contribution in [2.45, 2.75) is 39.3 Å². The van der Waals surface area contributed by atoms with Crippen molar-refractivity contribution in [2.75, 3.05) is 27.2 Å². The number of allylic oxidation sites excluding steroid dienone is 3. The van der Waals surface area contributed by atoms with Crippen LogP contribution in [0.4, 0.5) is 0 Å². The molecule has 0 radical (unpaired) electrons. The van der Waals surface area contributed by atoms with E-state index in [-0.39, 0.29) is 0 Å². The minimum absolute atomic E-state index is 0.496. The van der Waals surface area contributed by atoms with Crippen LogP contribution in [0.2, 0.25) is 0 Å². The molecule has 1 saturated heterocycles. The lowest BCUT2D eigenvalue weighted by Crippen LogP contribution is -2.45. The second-order valence-electron chi connectivity index (χ2n) is 5.65. The van der Waals surface area contributed by atoms with Crippen LogP contribution in [-0.2, 0) is 0 Å². The Kier molecular flexibility index (Phi) is 6.86. The number of nitrogens with one attached hydrogen (secondary N) is 1. The van der Waals surface area contributed by atoms with E-state index in [2.05, 4.69) is 68.4 Å². The highest BCUT2D eigenvalue weighted by molar-refractivity contribution is 5.27. The lowest BCUT2D eigenvalue weighted by molar-refractivity contribution is 0.135. The molecule has 2 rings (SSSR count). The van der Waals surface area contributed by atoms with E-state index in [1.807, 2.05) is 0 Å². The Bertz CT molecular complexity index is 351. The van der Waals surface area contributed by atoms with Crippen molar-refractivity contribution >= 4 is 0 Å². The van der Waals surface area contributed by atoms with E-state index in [1.54, 1.807) is 0 Å². The van der Waals surface area contributed by atoms with Crippen LogP contribution in [0.5, 0.6) is 0 Å². The van der Waals surface area contributed by atoms with E-state index >= 15 is 0 Å². The van der Waals surface area contributed by atoms with E-state index in [1.165, 1.54) is 37.3 Å². The molecule has 2 aliphatic heterocycles. The van der Waals surface area contributed by atoms with Gasteiger partial charge >= 0.3 is 0 Å². The Balaban J connectivity index is 0.000000956. The number of nitrogens with zero attached hydrogens (tertiary/aromatic N) is 2. The summed E-state index contributed by atoms with van der Waals surface area (Å²) in [4.78, 5) is 4.86. The van der Waals surface area contributed by atoms with Crippen molar-refractivity contribution in [1.29, 1.82) is 0 Å². The van der Waals surface area contributed by atoms with Gasteiger partial charge in [0.1, 0.15) is 6.17 Å². The lowest BCUT2D eigenvalue weighted by atomic mass is 9.93. The summed E-state index contributed by atoms with van der Waals surface area (Å²) < 4.78 is 0. The van der Waals surface area contributed by atoms with E-state index in [0.717, 1.165) is 12.3 Å². The minimum Gasteiger partial charge on any atom is -0.364 e. The summed E-state index contributed by atoms with van der Waals surface area (Å²) in [5, 5.41) is 3.71. The normalized spacial score (nSPS) is 24.8. The van der Waals surface area contributed by atoms with Gasteiger partial charge in [0.05, 0.1) is 5.70 Å². The predicted molar refractivity (Wildman–Crippen MR) is 88.3 cm³/mol. The van der Waals surface area contributed by atoms with Crippen molar-refractivity contribution in [3.8, 4) is 0 Å². The molecule has 1 fully saturated rings. The zero-order valence-electron chi connectivity index (χ0n) is 13.7. The van der Waals surface area contributed by atoms with Gasteiger partial charge in [-0.3, -0.25) is 0 Å². The van der Waals surface area contributed by atoms with Gasteiger partial charge in [0, 0.05) is 18.7 Å². The number of hydrogen-bond acceptors (Lipinski definition) is 3. The second kappa shape index (κ2) is 8.15. The Morgan fingerprint density at radius 3 is 2.40 bits per heavy atom. The Hall–Kier alpha value is -1.22. The topological polar surface area (TPSA) is 18.5 Å². The van der Waals surface area contributed by atoms with E-state index in [0.29, 0.717) is 6.17 Å². The Labute approximate surface area is 125 Å². The van der Waals surface area contributed by atoms with Crippen LogP contribution in [0.25, 0.3) is 0 Å². The summed E-state index contributed by atoms with van der Waals surface area (Å²) in [5.41, 5.74) is 2.69. The number of hydrogen-bond donors (Lipinski definition) is 1. The van der Waals surface area contributed by atoms with Crippen LogP contribution in [0, 0.1) is 5.92 Å². The van der Waals surface area contributed by atoms with Crippen molar-refractivity contribution in [3.05, 3.63) is 36.7 Å². The van der Waals surface area contributed by atoms with Crippen molar-refractivity contribution in [1.82, 2.24) is 15.1 Å². The Morgan fingerprint density at radius 2 is 1.85 bits per heavy atom. The Morgan fingerprint density at radius 1 is 1.25 bits per heavy atom. The molecule has 1 N–H and O–H groups in total. The maximum Gasteiger partial charge on any atom is 0.101 e.